The smallest absolute Gasteiger partial charge is 0.320 e. The maximum atomic E-state index is 11.9. The summed E-state index contributed by atoms with van der Waals surface area (Å²) in [6.45, 7) is 0.327. The second-order valence-corrected chi connectivity index (χ2v) is 4.66. The van der Waals surface area contributed by atoms with Gasteiger partial charge in [0.2, 0.25) is 0 Å². The van der Waals surface area contributed by atoms with Crippen molar-refractivity contribution in [2.45, 2.75) is 6.54 Å². The number of amides is 2. The average molecular weight is 300 g/mol. The van der Waals surface area contributed by atoms with Crippen molar-refractivity contribution in [3.05, 3.63) is 40.4 Å². The first-order chi connectivity index (χ1) is 9.06. The Morgan fingerprint density at radius 2 is 2.21 bits per heavy atom. The lowest BCUT2D eigenvalue weighted by Crippen LogP contribution is -2.31. The highest BCUT2D eigenvalue weighted by Crippen LogP contribution is 2.25. The molecule has 1 aromatic carbocycles. The molecule has 0 aliphatic heterocycles. The fourth-order valence-electron chi connectivity index (χ4n) is 1.40. The molecule has 2 amide bonds. The molecule has 100 valence electrons. The Labute approximate surface area is 119 Å². The number of rotatable bonds is 3. The molecule has 0 atom stereocenters. The Bertz CT molecular complexity index is 572. The van der Waals surface area contributed by atoms with E-state index >= 15 is 0 Å². The molecule has 2 aromatic rings. The number of hydrogen-bond donors (Lipinski definition) is 2. The predicted octanol–water partition coefficient (Wildman–Crippen LogP) is 2.78. The number of hydrogen-bond acceptors (Lipinski definition) is 3. The molecule has 2 rings (SSSR count). The molecule has 0 bridgehead atoms. The van der Waals surface area contributed by atoms with E-state index in [2.05, 4.69) is 20.5 Å². The third kappa shape index (κ3) is 3.59. The van der Waals surface area contributed by atoms with Gasteiger partial charge in [0.25, 0.3) is 0 Å². The second-order valence-electron chi connectivity index (χ2n) is 3.85. The summed E-state index contributed by atoms with van der Waals surface area (Å²) in [6.07, 6.45) is 1.39. The van der Waals surface area contributed by atoms with Gasteiger partial charge in [0, 0.05) is 12.7 Å². The number of carbonyl (C=O) groups excluding carboxylic acids is 1. The van der Waals surface area contributed by atoms with E-state index in [0.29, 0.717) is 28.1 Å². The molecule has 19 heavy (non-hydrogen) atoms. The minimum absolute atomic E-state index is 0.283. The summed E-state index contributed by atoms with van der Waals surface area (Å²) in [4.78, 5) is 17.3. The second kappa shape index (κ2) is 5.90. The number of aromatic amines is 1. The fourth-order valence-corrected chi connectivity index (χ4v) is 1.69. The van der Waals surface area contributed by atoms with Crippen LogP contribution in [0.1, 0.15) is 5.82 Å². The van der Waals surface area contributed by atoms with E-state index in [-0.39, 0.29) is 6.03 Å². The third-order valence-corrected chi connectivity index (χ3v) is 3.11. The Balaban J connectivity index is 1.98. The summed E-state index contributed by atoms with van der Waals surface area (Å²) in [7, 11) is 1.65. The molecule has 8 heteroatoms. The number of H-pyrrole nitrogens is 1. The molecule has 0 spiro atoms. The highest BCUT2D eigenvalue weighted by atomic mass is 35.5. The highest BCUT2D eigenvalue weighted by Gasteiger charge is 2.11. The zero-order valence-corrected chi connectivity index (χ0v) is 11.5. The molecule has 0 aliphatic rings. The highest BCUT2D eigenvalue weighted by molar-refractivity contribution is 6.42. The summed E-state index contributed by atoms with van der Waals surface area (Å²) in [5.41, 5.74) is 0.573. The van der Waals surface area contributed by atoms with Gasteiger partial charge in [-0.1, -0.05) is 23.2 Å². The summed E-state index contributed by atoms with van der Waals surface area (Å²) >= 11 is 11.7. The first-order valence-corrected chi connectivity index (χ1v) is 6.13. The van der Waals surface area contributed by atoms with Crippen molar-refractivity contribution in [1.82, 2.24) is 20.1 Å². The van der Waals surface area contributed by atoms with Gasteiger partial charge in [0.05, 0.1) is 16.6 Å². The largest absolute Gasteiger partial charge is 0.321 e. The number of nitrogens with one attached hydrogen (secondary N) is 2. The van der Waals surface area contributed by atoms with E-state index < -0.39 is 0 Å². The summed E-state index contributed by atoms with van der Waals surface area (Å²) in [5, 5.41) is 9.93. The van der Waals surface area contributed by atoms with Crippen LogP contribution in [0, 0.1) is 0 Å². The molecule has 0 aliphatic carbocycles. The monoisotopic (exact) mass is 299 g/mol. The van der Waals surface area contributed by atoms with Gasteiger partial charge in [-0.3, -0.25) is 5.10 Å². The lowest BCUT2D eigenvalue weighted by atomic mass is 10.3. The van der Waals surface area contributed by atoms with E-state index in [1.54, 1.807) is 25.2 Å². The zero-order chi connectivity index (χ0) is 13.8. The topological polar surface area (TPSA) is 73.9 Å². The van der Waals surface area contributed by atoms with Crippen LogP contribution in [-0.4, -0.2) is 33.2 Å². The van der Waals surface area contributed by atoms with Crippen molar-refractivity contribution in [2.24, 2.45) is 0 Å². The minimum atomic E-state index is -0.283. The quantitative estimate of drug-likeness (QED) is 0.915. The molecule has 0 unspecified atom stereocenters. The third-order valence-electron chi connectivity index (χ3n) is 2.37. The minimum Gasteiger partial charge on any atom is -0.320 e. The maximum Gasteiger partial charge on any atom is 0.321 e. The van der Waals surface area contributed by atoms with Gasteiger partial charge in [0.15, 0.2) is 0 Å². The van der Waals surface area contributed by atoms with E-state index in [4.69, 9.17) is 23.2 Å². The molecule has 1 heterocycles. The number of nitrogens with zero attached hydrogens (tertiary/aromatic N) is 3. The number of aromatic nitrogens is 3. The van der Waals surface area contributed by atoms with Crippen LogP contribution in [0.4, 0.5) is 10.5 Å². The number of carbonyl (C=O) groups is 1. The van der Waals surface area contributed by atoms with E-state index in [9.17, 15) is 4.79 Å². The first-order valence-electron chi connectivity index (χ1n) is 5.37. The Morgan fingerprint density at radius 1 is 1.42 bits per heavy atom. The Kier molecular flexibility index (Phi) is 4.24. The number of halogens is 2. The van der Waals surface area contributed by atoms with Crippen molar-refractivity contribution in [1.29, 1.82) is 0 Å². The van der Waals surface area contributed by atoms with E-state index in [0.717, 1.165) is 0 Å². The van der Waals surface area contributed by atoms with Crippen molar-refractivity contribution >= 4 is 34.9 Å². The average Bonchev–Trinajstić information content (AvgIpc) is 2.86. The Hall–Kier alpha value is -1.79. The fraction of sp³-hybridized carbons (Fsp3) is 0.182. The van der Waals surface area contributed by atoms with Crippen LogP contribution in [-0.2, 0) is 6.54 Å². The normalized spacial score (nSPS) is 10.3. The number of benzene rings is 1. The van der Waals surface area contributed by atoms with Crippen LogP contribution in [0.2, 0.25) is 10.0 Å². The molecular formula is C11H11Cl2N5O. The van der Waals surface area contributed by atoms with Crippen LogP contribution in [0.25, 0.3) is 0 Å². The van der Waals surface area contributed by atoms with Gasteiger partial charge < -0.3 is 10.2 Å². The summed E-state index contributed by atoms with van der Waals surface area (Å²) in [5.74, 6) is 0.604. The summed E-state index contributed by atoms with van der Waals surface area (Å²) in [6, 6.07) is 4.60. The van der Waals surface area contributed by atoms with Crippen LogP contribution in [0.5, 0.6) is 0 Å². The molecule has 0 radical (unpaired) electrons. The van der Waals surface area contributed by atoms with Crippen LogP contribution >= 0.6 is 23.2 Å². The lowest BCUT2D eigenvalue weighted by Gasteiger charge is -2.16. The van der Waals surface area contributed by atoms with Crippen LogP contribution in [0.15, 0.2) is 24.5 Å². The summed E-state index contributed by atoms with van der Waals surface area (Å²) < 4.78 is 0. The van der Waals surface area contributed by atoms with Crippen molar-refractivity contribution in [2.75, 3.05) is 12.4 Å². The first kappa shape index (κ1) is 13.6. The van der Waals surface area contributed by atoms with Gasteiger partial charge >= 0.3 is 6.03 Å². The van der Waals surface area contributed by atoms with Gasteiger partial charge in [0.1, 0.15) is 12.2 Å². The number of urea groups is 1. The lowest BCUT2D eigenvalue weighted by molar-refractivity contribution is 0.219. The molecule has 0 saturated heterocycles. The Morgan fingerprint density at radius 3 is 2.84 bits per heavy atom. The molecule has 6 nitrogen and oxygen atoms in total. The molecule has 1 aromatic heterocycles. The molecule has 0 saturated carbocycles. The van der Waals surface area contributed by atoms with Crippen molar-refractivity contribution < 1.29 is 4.79 Å². The predicted molar refractivity (Wildman–Crippen MR) is 73.3 cm³/mol. The van der Waals surface area contributed by atoms with Crippen molar-refractivity contribution in [3.8, 4) is 0 Å². The van der Waals surface area contributed by atoms with Crippen LogP contribution in [0.3, 0.4) is 0 Å². The molecular weight excluding hydrogens is 289 g/mol. The van der Waals surface area contributed by atoms with E-state index in [1.807, 2.05) is 0 Å². The SMILES string of the molecule is CN(Cc1ncn[nH]1)C(=O)Nc1ccc(Cl)c(Cl)c1. The van der Waals surface area contributed by atoms with Crippen LogP contribution < -0.4 is 5.32 Å². The molecule has 2 N–H and O–H groups in total. The van der Waals surface area contributed by atoms with Gasteiger partial charge in [-0.05, 0) is 18.2 Å². The van der Waals surface area contributed by atoms with Gasteiger partial charge in [-0.2, -0.15) is 5.10 Å². The van der Waals surface area contributed by atoms with Gasteiger partial charge in [-0.15, -0.1) is 0 Å². The standard InChI is InChI=1S/C11H11Cl2N5O/c1-18(5-10-14-6-15-17-10)11(19)16-7-2-3-8(12)9(13)4-7/h2-4,6H,5H2,1H3,(H,16,19)(H,14,15,17). The van der Waals surface area contributed by atoms with Gasteiger partial charge in [-0.25, -0.2) is 9.78 Å². The zero-order valence-electron chi connectivity index (χ0n) is 10.0. The number of anilines is 1. The maximum absolute atomic E-state index is 11.9. The van der Waals surface area contributed by atoms with E-state index in [1.165, 1.54) is 11.2 Å². The van der Waals surface area contributed by atoms with Crippen molar-refractivity contribution in [3.63, 3.8) is 0 Å². The molecule has 0 fully saturated rings.